The summed E-state index contributed by atoms with van der Waals surface area (Å²) in [6.07, 6.45) is 0.757. The van der Waals surface area contributed by atoms with Crippen LogP contribution in [-0.2, 0) is 11.3 Å². The summed E-state index contributed by atoms with van der Waals surface area (Å²) < 4.78 is 14.2. The van der Waals surface area contributed by atoms with Crippen molar-refractivity contribution in [2.75, 3.05) is 5.75 Å². The number of nitrogens with one attached hydrogen (secondary N) is 1. The smallest absolute Gasteiger partial charge is 0.258 e. The van der Waals surface area contributed by atoms with E-state index >= 15 is 0 Å². The summed E-state index contributed by atoms with van der Waals surface area (Å²) in [5.74, 6) is -0.310. The summed E-state index contributed by atoms with van der Waals surface area (Å²) in [6.45, 7) is 4.56. The number of rotatable bonds is 6. The fourth-order valence-electron chi connectivity index (χ4n) is 3.30. The molecular formula is C22H25FN2O2S. The Kier molecular flexibility index (Phi) is 6.73. The molecule has 2 aromatic rings. The molecule has 1 saturated heterocycles. The maximum Gasteiger partial charge on any atom is 0.258 e. The van der Waals surface area contributed by atoms with E-state index < -0.39 is 17.8 Å². The topological polar surface area (TPSA) is 49.4 Å². The number of hydrogen-bond acceptors (Lipinski definition) is 3. The van der Waals surface area contributed by atoms with Gasteiger partial charge in [-0.05, 0) is 30.0 Å². The summed E-state index contributed by atoms with van der Waals surface area (Å²) in [5.41, 5.74) is 1.01. The van der Waals surface area contributed by atoms with Gasteiger partial charge in [-0.1, -0.05) is 56.3 Å². The number of halogens is 1. The SMILES string of the molecule is CC(C)CC1SCC(C(=O)NCc2ccccc2)N1C(=O)c1ccccc1F. The van der Waals surface area contributed by atoms with Crippen molar-refractivity contribution in [1.82, 2.24) is 10.2 Å². The van der Waals surface area contributed by atoms with Crippen LogP contribution in [0.5, 0.6) is 0 Å². The maximum atomic E-state index is 14.2. The first-order valence-electron chi connectivity index (χ1n) is 9.47. The summed E-state index contributed by atoms with van der Waals surface area (Å²) in [4.78, 5) is 27.6. The standard InChI is InChI=1S/C22H25FN2O2S/c1-15(2)12-20-25(22(27)17-10-6-7-11-18(17)23)19(14-28-20)21(26)24-13-16-8-4-3-5-9-16/h3-11,15,19-20H,12-14H2,1-2H3,(H,24,26). The number of hydrogen-bond donors (Lipinski definition) is 1. The quantitative estimate of drug-likeness (QED) is 0.795. The van der Waals surface area contributed by atoms with Gasteiger partial charge in [0.05, 0.1) is 10.9 Å². The van der Waals surface area contributed by atoms with Crippen LogP contribution in [0.15, 0.2) is 54.6 Å². The number of thioether (sulfide) groups is 1. The second-order valence-corrected chi connectivity index (χ2v) is 8.54. The molecule has 2 aromatic carbocycles. The van der Waals surface area contributed by atoms with Crippen molar-refractivity contribution in [1.29, 1.82) is 0 Å². The lowest BCUT2D eigenvalue weighted by molar-refractivity contribution is -0.125. The van der Waals surface area contributed by atoms with Crippen molar-refractivity contribution >= 4 is 23.6 Å². The van der Waals surface area contributed by atoms with Crippen molar-refractivity contribution in [3.05, 3.63) is 71.5 Å². The van der Waals surface area contributed by atoms with E-state index in [1.165, 1.54) is 12.1 Å². The molecule has 3 rings (SSSR count). The van der Waals surface area contributed by atoms with Crippen LogP contribution in [0.3, 0.4) is 0 Å². The third-order valence-electron chi connectivity index (χ3n) is 4.72. The minimum Gasteiger partial charge on any atom is -0.350 e. The molecule has 0 aromatic heterocycles. The van der Waals surface area contributed by atoms with Crippen LogP contribution in [0.4, 0.5) is 4.39 Å². The second kappa shape index (κ2) is 9.24. The highest BCUT2D eigenvalue weighted by molar-refractivity contribution is 8.00. The van der Waals surface area contributed by atoms with Crippen LogP contribution >= 0.6 is 11.8 Å². The van der Waals surface area contributed by atoms with Gasteiger partial charge in [-0.3, -0.25) is 9.59 Å². The lowest BCUT2D eigenvalue weighted by Crippen LogP contribution is -2.50. The highest BCUT2D eigenvalue weighted by Gasteiger charge is 2.42. The molecular weight excluding hydrogens is 375 g/mol. The third-order valence-corrected chi connectivity index (χ3v) is 6.03. The van der Waals surface area contributed by atoms with Crippen LogP contribution in [0, 0.1) is 11.7 Å². The van der Waals surface area contributed by atoms with Crippen LogP contribution in [0.1, 0.15) is 36.2 Å². The van der Waals surface area contributed by atoms with E-state index in [4.69, 9.17) is 0 Å². The zero-order chi connectivity index (χ0) is 20.1. The average Bonchev–Trinajstić information content (AvgIpc) is 3.09. The molecule has 2 unspecified atom stereocenters. The lowest BCUT2D eigenvalue weighted by atomic mass is 10.1. The molecule has 0 saturated carbocycles. The number of nitrogens with zero attached hydrogens (tertiary/aromatic N) is 1. The highest BCUT2D eigenvalue weighted by atomic mass is 32.2. The molecule has 2 atom stereocenters. The molecule has 1 N–H and O–H groups in total. The van der Waals surface area contributed by atoms with Gasteiger partial charge in [-0.25, -0.2) is 4.39 Å². The number of benzene rings is 2. The number of amides is 2. The van der Waals surface area contributed by atoms with Gasteiger partial charge < -0.3 is 10.2 Å². The summed E-state index contributed by atoms with van der Waals surface area (Å²) in [7, 11) is 0. The van der Waals surface area contributed by atoms with Gasteiger partial charge in [0.15, 0.2) is 0 Å². The average molecular weight is 401 g/mol. The van der Waals surface area contributed by atoms with E-state index in [2.05, 4.69) is 19.2 Å². The van der Waals surface area contributed by atoms with E-state index in [-0.39, 0.29) is 16.8 Å². The van der Waals surface area contributed by atoms with Gasteiger partial charge in [0.25, 0.3) is 5.91 Å². The van der Waals surface area contributed by atoms with E-state index in [0.29, 0.717) is 18.2 Å². The molecule has 28 heavy (non-hydrogen) atoms. The van der Waals surface area contributed by atoms with Crippen molar-refractivity contribution in [2.45, 2.75) is 38.2 Å². The Labute approximate surface area is 169 Å². The van der Waals surface area contributed by atoms with Crippen molar-refractivity contribution < 1.29 is 14.0 Å². The van der Waals surface area contributed by atoms with E-state index in [1.807, 2.05) is 30.3 Å². The van der Waals surface area contributed by atoms with Gasteiger partial charge in [0, 0.05) is 12.3 Å². The van der Waals surface area contributed by atoms with Crippen LogP contribution in [-0.4, -0.2) is 33.9 Å². The molecule has 1 heterocycles. The van der Waals surface area contributed by atoms with Gasteiger partial charge >= 0.3 is 0 Å². The Morgan fingerprint density at radius 1 is 1.14 bits per heavy atom. The van der Waals surface area contributed by atoms with Gasteiger partial charge in [0.1, 0.15) is 11.9 Å². The van der Waals surface area contributed by atoms with Crippen LogP contribution in [0.25, 0.3) is 0 Å². The second-order valence-electron chi connectivity index (χ2n) is 7.33. The van der Waals surface area contributed by atoms with E-state index in [9.17, 15) is 14.0 Å². The molecule has 4 nitrogen and oxygen atoms in total. The van der Waals surface area contributed by atoms with Crippen LogP contribution in [0.2, 0.25) is 0 Å². The first-order valence-corrected chi connectivity index (χ1v) is 10.5. The van der Waals surface area contributed by atoms with Crippen LogP contribution < -0.4 is 5.32 Å². The molecule has 2 amide bonds. The Morgan fingerprint density at radius 3 is 2.50 bits per heavy atom. The highest BCUT2D eigenvalue weighted by Crippen LogP contribution is 2.35. The van der Waals surface area contributed by atoms with Gasteiger partial charge in [0.2, 0.25) is 5.91 Å². The molecule has 1 aliphatic rings. The predicted molar refractivity (Wildman–Crippen MR) is 110 cm³/mol. The molecule has 6 heteroatoms. The van der Waals surface area contributed by atoms with Gasteiger partial charge in [-0.15, -0.1) is 11.8 Å². The maximum absolute atomic E-state index is 14.2. The lowest BCUT2D eigenvalue weighted by Gasteiger charge is -2.30. The predicted octanol–water partition coefficient (Wildman–Crippen LogP) is 4.07. The molecule has 1 aliphatic heterocycles. The fourth-order valence-corrected chi connectivity index (χ4v) is 4.94. The molecule has 0 aliphatic carbocycles. The Bertz CT molecular complexity index is 828. The number of carbonyl (C=O) groups is 2. The van der Waals surface area contributed by atoms with Gasteiger partial charge in [-0.2, -0.15) is 0 Å². The third kappa shape index (κ3) is 4.73. The minimum atomic E-state index is -0.607. The molecule has 1 fully saturated rings. The fraction of sp³-hybridized carbons (Fsp3) is 0.364. The zero-order valence-electron chi connectivity index (χ0n) is 16.1. The summed E-state index contributed by atoms with van der Waals surface area (Å²) in [6, 6.07) is 15.0. The van der Waals surface area contributed by atoms with E-state index in [0.717, 1.165) is 12.0 Å². The Morgan fingerprint density at radius 2 is 1.82 bits per heavy atom. The molecule has 148 valence electrons. The van der Waals surface area contributed by atoms with E-state index in [1.54, 1.807) is 28.8 Å². The van der Waals surface area contributed by atoms with Crippen molar-refractivity contribution in [3.8, 4) is 0 Å². The Hall–Kier alpha value is -2.34. The number of carbonyl (C=O) groups excluding carboxylic acids is 2. The largest absolute Gasteiger partial charge is 0.350 e. The minimum absolute atomic E-state index is 0.0135. The Balaban J connectivity index is 1.79. The summed E-state index contributed by atoms with van der Waals surface area (Å²) >= 11 is 1.59. The normalized spacial score (nSPS) is 19.1. The first-order chi connectivity index (χ1) is 13.5. The zero-order valence-corrected chi connectivity index (χ0v) is 16.9. The molecule has 0 spiro atoms. The monoisotopic (exact) mass is 400 g/mol. The van der Waals surface area contributed by atoms with Crippen molar-refractivity contribution in [3.63, 3.8) is 0 Å². The molecule has 0 bridgehead atoms. The van der Waals surface area contributed by atoms with Crippen molar-refractivity contribution in [2.24, 2.45) is 5.92 Å². The molecule has 0 radical (unpaired) electrons. The first kappa shape index (κ1) is 20.4. The summed E-state index contributed by atoms with van der Waals surface area (Å²) in [5, 5.41) is 2.79.